The summed E-state index contributed by atoms with van der Waals surface area (Å²) in [6.45, 7) is 5.46. The van der Waals surface area contributed by atoms with Crippen LogP contribution >= 0.6 is 24.4 Å². The summed E-state index contributed by atoms with van der Waals surface area (Å²) in [5.41, 5.74) is 7.47. The summed E-state index contributed by atoms with van der Waals surface area (Å²) >= 11 is 10.2. The largest absolute Gasteiger partial charge is 0.396 e. The Morgan fingerprint density at radius 2 is 1.87 bits per heavy atom. The van der Waals surface area contributed by atoms with Crippen LogP contribution in [0, 0.1) is 14.9 Å². The van der Waals surface area contributed by atoms with Crippen molar-refractivity contribution >= 4 is 35.8 Å². The zero-order valence-electron chi connectivity index (χ0n) is 9.54. The van der Waals surface area contributed by atoms with Crippen LogP contribution in [0.3, 0.4) is 0 Å². The van der Waals surface area contributed by atoms with E-state index in [2.05, 4.69) is 18.7 Å². The monoisotopic (exact) mass is 242 g/mol. The Morgan fingerprint density at radius 1 is 1.27 bits per heavy atom. The van der Waals surface area contributed by atoms with E-state index in [1.165, 1.54) is 12.8 Å². The van der Waals surface area contributed by atoms with E-state index in [-0.39, 0.29) is 0 Å². The van der Waals surface area contributed by atoms with Gasteiger partial charge in [0.05, 0.1) is 20.4 Å². The van der Waals surface area contributed by atoms with Crippen LogP contribution in [0.25, 0.3) is 0 Å². The summed E-state index contributed by atoms with van der Waals surface area (Å²) in [6.07, 6.45) is 2.40. The molecule has 0 heterocycles. The van der Waals surface area contributed by atoms with Crippen LogP contribution in [0.2, 0.25) is 0 Å². The standard InChI is InChI=1S/C11H18N2S2/c1-7(2)5-4-6-13(3)9-8(12)10(14)11(9)15/h7H,4-6,12H2,1-3H3. The first kappa shape index (κ1) is 12.6. The lowest BCUT2D eigenvalue weighted by Gasteiger charge is -2.23. The molecule has 0 radical (unpaired) electrons. The molecule has 0 aliphatic heterocycles. The highest BCUT2D eigenvalue weighted by atomic mass is 32.1. The van der Waals surface area contributed by atoms with E-state index in [9.17, 15) is 0 Å². The molecule has 2 N–H and O–H groups in total. The zero-order valence-corrected chi connectivity index (χ0v) is 11.2. The zero-order chi connectivity index (χ0) is 11.6. The molecule has 1 aromatic carbocycles. The van der Waals surface area contributed by atoms with Gasteiger partial charge >= 0.3 is 0 Å². The van der Waals surface area contributed by atoms with E-state index in [0.717, 1.165) is 22.7 Å². The van der Waals surface area contributed by atoms with Gasteiger partial charge in [-0.25, -0.2) is 0 Å². The molecule has 1 rings (SSSR count). The highest BCUT2D eigenvalue weighted by Gasteiger charge is 2.15. The molecule has 0 aromatic heterocycles. The Labute approximate surface area is 102 Å². The lowest BCUT2D eigenvalue weighted by molar-refractivity contribution is 0.555. The van der Waals surface area contributed by atoms with Gasteiger partial charge < -0.3 is 10.6 Å². The second-order valence-corrected chi connectivity index (χ2v) is 5.19. The van der Waals surface area contributed by atoms with Crippen molar-refractivity contribution in [2.75, 3.05) is 24.2 Å². The van der Waals surface area contributed by atoms with Gasteiger partial charge in [-0.2, -0.15) is 0 Å². The fourth-order valence-corrected chi connectivity index (χ4v) is 2.19. The van der Waals surface area contributed by atoms with Gasteiger partial charge in [0.15, 0.2) is 0 Å². The molecule has 15 heavy (non-hydrogen) atoms. The van der Waals surface area contributed by atoms with Crippen molar-refractivity contribution in [1.82, 2.24) is 0 Å². The molecular weight excluding hydrogens is 224 g/mol. The van der Waals surface area contributed by atoms with Crippen LogP contribution in [0.4, 0.5) is 11.4 Å². The first-order valence-corrected chi connectivity index (χ1v) is 6.06. The van der Waals surface area contributed by atoms with Crippen LogP contribution in [0.15, 0.2) is 0 Å². The Morgan fingerprint density at radius 3 is 2.33 bits per heavy atom. The molecule has 0 fully saturated rings. The molecule has 0 amide bonds. The maximum absolute atomic E-state index is 5.80. The van der Waals surface area contributed by atoms with E-state index < -0.39 is 0 Å². The maximum Gasteiger partial charge on any atom is 0.0834 e. The predicted octanol–water partition coefficient (Wildman–Crippen LogP) is 3.48. The third-order valence-electron chi connectivity index (χ3n) is 2.58. The summed E-state index contributed by atoms with van der Waals surface area (Å²) in [7, 11) is 2.02. The lowest BCUT2D eigenvalue weighted by Crippen LogP contribution is -2.22. The highest BCUT2D eigenvalue weighted by molar-refractivity contribution is 7.74. The van der Waals surface area contributed by atoms with Crippen molar-refractivity contribution < 1.29 is 0 Å². The molecule has 2 nitrogen and oxygen atoms in total. The van der Waals surface area contributed by atoms with E-state index in [0.29, 0.717) is 10.2 Å². The van der Waals surface area contributed by atoms with E-state index in [1.54, 1.807) is 0 Å². The Kier molecular flexibility index (Phi) is 4.22. The predicted molar refractivity (Wildman–Crippen MR) is 72.2 cm³/mol. The average molecular weight is 242 g/mol. The second kappa shape index (κ2) is 5.03. The third kappa shape index (κ3) is 2.75. The molecule has 0 unspecified atom stereocenters. The van der Waals surface area contributed by atoms with Gasteiger partial charge in [0.2, 0.25) is 0 Å². The number of hydrogen-bond donors (Lipinski definition) is 1. The van der Waals surface area contributed by atoms with Crippen LogP contribution in [-0.4, -0.2) is 13.6 Å². The number of hydrogen-bond acceptors (Lipinski definition) is 4. The topological polar surface area (TPSA) is 29.3 Å². The summed E-state index contributed by atoms with van der Waals surface area (Å²) in [6, 6.07) is 0. The first-order valence-electron chi connectivity index (χ1n) is 5.25. The number of nitrogens with zero attached hydrogens (tertiary/aromatic N) is 1. The normalized spacial score (nSPS) is 11.2. The van der Waals surface area contributed by atoms with Gasteiger partial charge in [0, 0.05) is 13.6 Å². The Hall–Kier alpha value is -0.480. The van der Waals surface area contributed by atoms with Gasteiger partial charge in [-0.05, 0) is 18.8 Å². The van der Waals surface area contributed by atoms with Gasteiger partial charge in [-0.15, -0.1) is 0 Å². The smallest absolute Gasteiger partial charge is 0.0834 e. The molecule has 0 saturated heterocycles. The fraction of sp³-hybridized carbons (Fsp3) is 0.636. The quantitative estimate of drug-likeness (QED) is 0.801. The maximum atomic E-state index is 5.80. The minimum absolute atomic E-state index is 0.663. The number of rotatable bonds is 5. The number of nitrogen functional groups attached to an aromatic ring is 1. The minimum atomic E-state index is 0.663. The first-order chi connectivity index (χ1) is 6.95. The molecular formula is C11H18N2S2. The van der Waals surface area contributed by atoms with Gasteiger partial charge in [0.1, 0.15) is 0 Å². The molecule has 0 spiro atoms. The van der Waals surface area contributed by atoms with Crippen molar-refractivity contribution in [3.8, 4) is 0 Å². The third-order valence-corrected chi connectivity index (χ3v) is 3.53. The molecule has 0 saturated carbocycles. The lowest BCUT2D eigenvalue weighted by atomic mass is 10.1. The Bertz CT molecular complexity index is 403. The van der Waals surface area contributed by atoms with Gasteiger partial charge in [-0.3, -0.25) is 0 Å². The summed E-state index contributed by atoms with van der Waals surface area (Å²) in [5, 5.41) is 0. The van der Waals surface area contributed by atoms with Crippen molar-refractivity contribution in [3.05, 3.63) is 9.02 Å². The molecule has 0 aliphatic rings. The van der Waals surface area contributed by atoms with Crippen molar-refractivity contribution in [1.29, 1.82) is 0 Å². The minimum Gasteiger partial charge on any atom is -0.396 e. The van der Waals surface area contributed by atoms with E-state index >= 15 is 0 Å². The molecule has 0 bridgehead atoms. The van der Waals surface area contributed by atoms with E-state index in [4.69, 9.17) is 30.2 Å². The molecule has 84 valence electrons. The number of anilines is 2. The van der Waals surface area contributed by atoms with Crippen LogP contribution in [0.1, 0.15) is 26.7 Å². The summed E-state index contributed by atoms with van der Waals surface area (Å²) < 4.78 is 1.42. The molecule has 0 aliphatic carbocycles. The van der Waals surface area contributed by atoms with Gasteiger partial charge in [0.25, 0.3) is 0 Å². The van der Waals surface area contributed by atoms with E-state index in [1.807, 2.05) is 7.05 Å². The van der Waals surface area contributed by atoms with Gasteiger partial charge in [-0.1, -0.05) is 38.3 Å². The van der Waals surface area contributed by atoms with Crippen LogP contribution in [-0.2, 0) is 0 Å². The van der Waals surface area contributed by atoms with Crippen molar-refractivity contribution in [3.63, 3.8) is 0 Å². The highest BCUT2D eigenvalue weighted by Crippen LogP contribution is 2.32. The molecule has 4 heteroatoms. The van der Waals surface area contributed by atoms with Crippen molar-refractivity contribution in [2.24, 2.45) is 5.92 Å². The molecule has 1 aromatic rings. The SMILES string of the molecule is CC(C)CCCN(C)c1c(N)c(=S)c1=S. The summed E-state index contributed by atoms with van der Waals surface area (Å²) in [4.78, 5) is 2.12. The average Bonchev–Trinajstić information content (AvgIpc) is 2.17. The number of nitrogens with two attached hydrogens (primary N) is 1. The van der Waals surface area contributed by atoms with Crippen molar-refractivity contribution in [2.45, 2.75) is 26.7 Å². The second-order valence-electron chi connectivity index (χ2n) is 4.38. The molecule has 0 atom stereocenters. The van der Waals surface area contributed by atoms with Crippen LogP contribution in [0.5, 0.6) is 0 Å². The van der Waals surface area contributed by atoms with Crippen LogP contribution < -0.4 is 10.6 Å². The Balaban J connectivity index is 2.52. The summed E-state index contributed by atoms with van der Waals surface area (Å²) in [5.74, 6) is 0.749. The fourth-order valence-electron chi connectivity index (χ4n) is 1.62.